The molecule has 126 valence electrons. The number of aryl methyl sites for hydroxylation is 1. The molecule has 0 unspecified atom stereocenters. The third-order valence-corrected chi connectivity index (χ3v) is 4.09. The zero-order chi connectivity index (χ0) is 17.4. The largest absolute Gasteiger partial charge is 0.493 e. The molecule has 25 heavy (non-hydrogen) atoms. The van der Waals surface area contributed by atoms with E-state index in [2.05, 4.69) is 10.5 Å². The number of fused-ring (bicyclic) bond motifs is 1. The van der Waals surface area contributed by atoms with Gasteiger partial charge in [-0.25, -0.2) is 0 Å². The van der Waals surface area contributed by atoms with Crippen molar-refractivity contribution < 1.29 is 14.1 Å². The van der Waals surface area contributed by atoms with Crippen molar-refractivity contribution in [1.82, 2.24) is 9.72 Å². The monoisotopic (exact) mass is 337 g/mol. The molecule has 7 nitrogen and oxygen atoms in total. The van der Waals surface area contributed by atoms with Crippen molar-refractivity contribution in [1.29, 1.82) is 0 Å². The molecule has 0 saturated heterocycles. The molecule has 0 radical (unpaired) electrons. The van der Waals surface area contributed by atoms with Crippen molar-refractivity contribution in [2.45, 2.75) is 6.42 Å². The molecule has 0 spiro atoms. The number of amides is 1. The van der Waals surface area contributed by atoms with E-state index in [-0.39, 0.29) is 17.0 Å². The Morgan fingerprint density at radius 1 is 1.28 bits per heavy atom. The van der Waals surface area contributed by atoms with Crippen molar-refractivity contribution in [3.05, 3.63) is 64.3 Å². The first-order valence-electron chi connectivity index (χ1n) is 7.81. The molecule has 3 aromatic rings. The van der Waals surface area contributed by atoms with Gasteiger partial charge in [-0.15, -0.1) is 0 Å². The summed E-state index contributed by atoms with van der Waals surface area (Å²) in [5.41, 5.74) is 2.40. The first-order chi connectivity index (χ1) is 12.1. The molecule has 1 aromatic carbocycles. The minimum Gasteiger partial charge on any atom is -0.493 e. The number of nitrogens with zero attached hydrogens (tertiary/aromatic N) is 2. The number of pyridine rings is 1. The van der Waals surface area contributed by atoms with E-state index in [0.29, 0.717) is 12.3 Å². The first kappa shape index (κ1) is 15.2. The van der Waals surface area contributed by atoms with Crippen LogP contribution in [0, 0.1) is 0 Å². The fraction of sp³-hybridized carbons (Fsp3) is 0.167. The summed E-state index contributed by atoms with van der Waals surface area (Å²) in [4.78, 5) is 24.3. The fourth-order valence-corrected chi connectivity index (χ4v) is 2.74. The van der Waals surface area contributed by atoms with Crippen LogP contribution in [0.15, 0.2) is 51.9 Å². The third-order valence-electron chi connectivity index (χ3n) is 4.09. The Hall–Kier alpha value is -3.35. The summed E-state index contributed by atoms with van der Waals surface area (Å²) in [6.45, 7) is 0.678. The van der Waals surface area contributed by atoms with Crippen LogP contribution in [-0.2, 0) is 13.5 Å². The minimum absolute atomic E-state index is 0.0395. The lowest BCUT2D eigenvalue weighted by molar-refractivity contribution is 0.0988. The average Bonchev–Trinajstić information content (AvgIpc) is 3.27. The number of hydrogen-bond donors (Lipinski definition) is 1. The van der Waals surface area contributed by atoms with Crippen molar-refractivity contribution in [2.75, 3.05) is 11.9 Å². The van der Waals surface area contributed by atoms with Gasteiger partial charge < -0.3 is 19.1 Å². The molecule has 7 heteroatoms. The van der Waals surface area contributed by atoms with Gasteiger partial charge in [0.05, 0.1) is 6.61 Å². The van der Waals surface area contributed by atoms with E-state index in [1.54, 1.807) is 25.4 Å². The number of anilines is 1. The number of ether oxygens (including phenoxy) is 1. The maximum absolute atomic E-state index is 12.3. The lowest BCUT2D eigenvalue weighted by atomic mass is 10.1. The summed E-state index contributed by atoms with van der Waals surface area (Å²) >= 11 is 0. The smallest absolute Gasteiger partial charge is 0.294 e. The van der Waals surface area contributed by atoms with Crippen LogP contribution in [-0.4, -0.2) is 22.2 Å². The van der Waals surface area contributed by atoms with Gasteiger partial charge in [0, 0.05) is 31.3 Å². The number of hydrogen-bond acceptors (Lipinski definition) is 5. The second-order valence-electron chi connectivity index (χ2n) is 5.79. The Labute approximate surface area is 142 Å². The third kappa shape index (κ3) is 2.80. The van der Waals surface area contributed by atoms with E-state index in [9.17, 15) is 9.59 Å². The Morgan fingerprint density at radius 2 is 2.16 bits per heavy atom. The molecule has 3 heterocycles. The zero-order valence-electron chi connectivity index (χ0n) is 13.5. The van der Waals surface area contributed by atoms with Gasteiger partial charge in [0.25, 0.3) is 11.5 Å². The van der Waals surface area contributed by atoms with Crippen molar-refractivity contribution in [2.24, 2.45) is 7.05 Å². The predicted octanol–water partition coefficient (Wildman–Crippen LogP) is 2.23. The number of benzene rings is 1. The van der Waals surface area contributed by atoms with Gasteiger partial charge >= 0.3 is 0 Å². The van der Waals surface area contributed by atoms with Crippen LogP contribution >= 0.6 is 0 Å². The predicted molar refractivity (Wildman–Crippen MR) is 90.8 cm³/mol. The number of aromatic nitrogens is 2. The standard InChI is InChI=1S/C18H15N3O4/c1-21-7-2-3-13(18(21)23)19-17(22)16-10-14(20-25-16)11-4-5-15-12(9-11)6-8-24-15/h2-5,7,9-10H,6,8H2,1H3,(H,19,22). The van der Waals surface area contributed by atoms with Gasteiger partial charge in [0.2, 0.25) is 5.76 Å². The van der Waals surface area contributed by atoms with E-state index < -0.39 is 5.91 Å². The van der Waals surface area contributed by atoms with Crippen LogP contribution in [0.3, 0.4) is 0 Å². The molecular formula is C18H15N3O4. The Kier molecular flexibility index (Phi) is 3.61. The van der Waals surface area contributed by atoms with Crippen LogP contribution in [0.25, 0.3) is 11.3 Å². The molecule has 4 rings (SSSR count). The van der Waals surface area contributed by atoms with E-state index in [0.717, 1.165) is 23.3 Å². The highest BCUT2D eigenvalue weighted by Crippen LogP contribution is 2.30. The number of carbonyl (C=O) groups is 1. The lowest BCUT2D eigenvalue weighted by Crippen LogP contribution is -2.23. The summed E-state index contributed by atoms with van der Waals surface area (Å²) in [7, 11) is 1.61. The second kappa shape index (κ2) is 5.94. The van der Waals surface area contributed by atoms with Crippen LogP contribution in [0.2, 0.25) is 0 Å². The normalized spacial score (nSPS) is 12.5. The maximum atomic E-state index is 12.3. The first-order valence-corrected chi connectivity index (χ1v) is 7.81. The molecule has 0 bridgehead atoms. The zero-order valence-corrected chi connectivity index (χ0v) is 13.5. The molecule has 2 aromatic heterocycles. The molecule has 1 amide bonds. The van der Waals surface area contributed by atoms with Gasteiger partial charge in [-0.2, -0.15) is 0 Å². The molecule has 0 aliphatic carbocycles. The Bertz CT molecular complexity index is 1020. The highest BCUT2D eigenvalue weighted by molar-refractivity contribution is 6.02. The van der Waals surface area contributed by atoms with E-state index in [1.807, 2.05) is 18.2 Å². The molecule has 0 saturated carbocycles. The van der Waals surface area contributed by atoms with Gasteiger partial charge in [-0.3, -0.25) is 9.59 Å². The van der Waals surface area contributed by atoms with E-state index in [1.165, 1.54) is 10.6 Å². The van der Waals surface area contributed by atoms with Crippen molar-refractivity contribution >= 4 is 11.6 Å². The molecular weight excluding hydrogens is 322 g/mol. The molecule has 0 atom stereocenters. The number of nitrogens with one attached hydrogen (secondary N) is 1. The van der Waals surface area contributed by atoms with E-state index >= 15 is 0 Å². The highest BCUT2D eigenvalue weighted by Gasteiger charge is 2.18. The number of rotatable bonds is 3. The summed E-state index contributed by atoms with van der Waals surface area (Å²) in [5.74, 6) is 0.398. The maximum Gasteiger partial charge on any atom is 0.294 e. The van der Waals surface area contributed by atoms with Crippen LogP contribution in [0.4, 0.5) is 5.69 Å². The molecule has 1 aliphatic rings. The van der Waals surface area contributed by atoms with Crippen LogP contribution < -0.4 is 15.6 Å². The van der Waals surface area contributed by atoms with Crippen molar-refractivity contribution in [3.63, 3.8) is 0 Å². The van der Waals surface area contributed by atoms with Gasteiger partial charge in [-0.1, -0.05) is 5.16 Å². The summed E-state index contributed by atoms with van der Waals surface area (Å²) in [6.07, 6.45) is 2.47. The Balaban J connectivity index is 1.57. The summed E-state index contributed by atoms with van der Waals surface area (Å²) in [6, 6.07) is 10.5. The second-order valence-corrected chi connectivity index (χ2v) is 5.79. The fourth-order valence-electron chi connectivity index (χ4n) is 2.74. The highest BCUT2D eigenvalue weighted by atomic mass is 16.5. The summed E-state index contributed by atoms with van der Waals surface area (Å²) in [5, 5.41) is 6.50. The van der Waals surface area contributed by atoms with Crippen LogP contribution in [0.1, 0.15) is 16.1 Å². The topological polar surface area (TPSA) is 86.4 Å². The molecule has 1 N–H and O–H groups in total. The quantitative estimate of drug-likeness (QED) is 0.792. The van der Waals surface area contributed by atoms with Gasteiger partial charge in [0.15, 0.2) is 0 Å². The van der Waals surface area contributed by atoms with Crippen LogP contribution in [0.5, 0.6) is 5.75 Å². The number of carbonyl (C=O) groups excluding carboxylic acids is 1. The molecule has 1 aliphatic heterocycles. The van der Waals surface area contributed by atoms with Crippen molar-refractivity contribution in [3.8, 4) is 17.0 Å². The van der Waals surface area contributed by atoms with Gasteiger partial charge in [0.1, 0.15) is 17.1 Å². The van der Waals surface area contributed by atoms with Gasteiger partial charge in [-0.05, 0) is 35.9 Å². The Morgan fingerprint density at radius 3 is 3.04 bits per heavy atom. The SMILES string of the molecule is Cn1cccc(NC(=O)c2cc(-c3ccc4c(c3)CCO4)no2)c1=O. The minimum atomic E-state index is -0.522. The average molecular weight is 337 g/mol. The lowest BCUT2D eigenvalue weighted by Gasteiger charge is -2.03. The van der Waals surface area contributed by atoms with E-state index in [4.69, 9.17) is 9.26 Å². The summed E-state index contributed by atoms with van der Waals surface area (Å²) < 4.78 is 12.0. The molecule has 0 fully saturated rings.